The van der Waals surface area contributed by atoms with E-state index in [9.17, 15) is 74.9 Å². The molecule has 18 atom stereocenters. The summed E-state index contributed by atoms with van der Waals surface area (Å²) in [5.74, 6) is -2.02. The first-order valence-electron chi connectivity index (χ1n) is 27.8. The van der Waals surface area contributed by atoms with Crippen molar-refractivity contribution in [2.45, 2.75) is 279 Å². The number of aliphatic hydroxyl groups excluding tert-OH is 10. The number of ether oxygens (including phenoxy) is 7. The standard InChI is InChI=1S/C51H93O24P/c1-4-7-10-13-15-17-20-22-25-35(53)67-29-32(70-37(55)27-24-19-12-9-6-3)30-69-76(65,66)75-49-47(73-50-45(63)40(58)38(56)33(28-52)71-50)43(61)42(60)44(62)48(49)74-51-46(64)41(59)39(57)34(72-51)31-68-36(54)26-23-21-18-16-14-11-8-5-2/h32-34,38-52,56-64H,4-31H2,1-3H3,(H,65,66)/t32-,33-,34-,38-,39-,40+,41+,42-,43-,44+,45+,46+,47-,48+,49+,50-,51+/m1/s1. The maximum atomic E-state index is 14.1. The van der Waals surface area contributed by atoms with Crippen LogP contribution in [0.3, 0.4) is 0 Å². The van der Waals surface area contributed by atoms with Crippen molar-refractivity contribution in [3.63, 3.8) is 0 Å². The van der Waals surface area contributed by atoms with E-state index in [1.54, 1.807) is 0 Å². The minimum Gasteiger partial charge on any atom is -0.463 e. The SMILES string of the molecule is CCCCCCCCCCC(=O)OC[C@H](COP(=O)(O)O[C@H]1[C@H](O[C@H]2O[C@H](CO)[C@@H](O)[C@H](O)[C@@H]2O)[C@H](O)[C@@H](O)[C@H](O)[C@@H]1O[C@@H]1O[C@H](COC(=O)CCCCCCCCCC)[C@@H](O)[C@H](O)[C@@H]1O)OC(=O)CCCCCCC. The lowest BCUT2D eigenvalue weighted by molar-refractivity contribution is -0.360. The number of hydrogen-bond acceptors (Lipinski definition) is 23. The number of hydrogen-bond donors (Lipinski definition) is 11. The van der Waals surface area contributed by atoms with Gasteiger partial charge in [0, 0.05) is 19.3 Å². The van der Waals surface area contributed by atoms with Crippen molar-refractivity contribution in [2.24, 2.45) is 0 Å². The number of esters is 3. The molecular weight excluding hydrogens is 1030 g/mol. The van der Waals surface area contributed by atoms with Gasteiger partial charge in [0.15, 0.2) is 18.7 Å². The van der Waals surface area contributed by atoms with Crippen LogP contribution in [0.2, 0.25) is 0 Å². The minimum absolute atomic E-state index is 0.0301. The summed E-state index contributed by atoms with van der Waals surface area (Å²) in [6.45, 7) is 3.11. The van der Waals surface area contributed by atoms with Gasteiger partial charge in [0.25, 0.3) is 0 Å². The van der Waals surface area contributed by atoms with Crippen molar-refractivity contribution in [2.75, 3.05) is 26.4 Å². The number of carbonyl (C=O) groups is 3. The van der Waals surface area contributed by atoms with Crippen LogP contribution in [0, 0.1) is 0 Å². The predicted molar refractivity (Wildman–Crippen MR) is 268 cm³/mol. The number of phosphoric acid groups is 1. The van der Waals surface area contributed by atoms with E-state index < -0.39 is 156 Å². The molecule has 0 aromatic rings. The number of phosphoric ester groups is 1. The first-order chi connectivity index (χ1) is 36.3. The Balaban J connectivity index is 1.86. The van der Waals surface area contributed by atoms with E-state index in [-0.39, 0.29) is 19.3 Å². The summed E-state index contributed by atoms with van der Waals surface area (Å²) in [6.07, 6.45) is -15.6. The first kappa shape index (κ1) is 68.2. The fourth-order valence-electron chi connectivity index (χ4n) is 9.17. The molecule has 3 aliphatic rings. The van der Waals surface area contributed by atoms with Crippen LogP contribution in [-0.2, 0) is 61.2 Å². The molecular formula is C51H93O24P. The second kappa shape index (κ2) is 37.1. The van der Waals surface area contributed by atoms with Gasteiger partial charge in [-0.05, 0) is 19.3 Å². The lowest BCUT2D eigenvalue weighted by atomic mass is 9.84. The molecule has 11 N–H and O–H groups in total. The molecule has 1 saturated carbocycles. The van der Waals surface area contributed by atoms with Gasteiger partial charge in [0.1, 0.15) is 98.7 Å². The van der Waals surface area contributed by atoms with Crippen LogP contribution in [0.1, 0.15) is 175 Å². The maximum absolute atomic E-state index is 14.1. The third-order valence-electron chi connectivity index (χ3n) is 13.9. The topological polar surface area (TPSA) is 374 Å². The van der Waals surface area contributed by atoms with Crippen LogP contribution in [0.15, 0.2) is 0 Å². The fraction of sp³-hybridized carbons (Fsp3) is 0.941. The molecule has 446 valence electrons. The van der Waals surface area contributed by atoms with Gasteiger partial charge < -0.3 is 89.1 Å². The summed E-state index contributed by atoms with van der Waals surface area (Å²) < 4.78 is 63.8. The quantitative estimate of drug-likeness (QED) is 0.0182. The molecule has 0 amide bonds. The second-order valence-corrected chi connectivity index (χ2v) is 21.7. The molecule has 1 unspecified atom stereocenters. The molecule has 3 rings (SSSR count). The largest absolute Gasteiger partial charge is 0.472 e. The molecule has 0 bridgehead atoms. The van der Waals surface area contributed by atoms with Crippen molar-refractivity contribution in [1.82, 2.24) is 0 Å². The third kappa shape index (κ3) is 23.6. The summed E-state index contributed by atoms with van der Waals surface area (Å²) in [6, 6.07) is 0. The summed E-state index contributed by atoms with van der Waals surface area (Å²) >= 11 is 0. The van der Waals surface area contributed by atoms with Crippen LogP contribution in [-0.4, -0.2) is 204 Å². The highest BCUT2D eigenvalue weighted by atomic mass is 31.2. The van der Waals surface area contributed by atoms with Crippen LogP contribution in [0.5, 0.6) is 0 Å². The van der Waals surface area contributed by atoms with E-state index in [4.69, 9.17) is 42.2 Å². The van der Waals surface area contributed by atoms with Crippen LogP contribution < -0.4 is 0 Å². The van der Waals surface area contributed by atoms with Crippen molar-refractivity contribution < 1.29 is 117 Å². The zero-order valence-electron chi connectivity index (χ0n) is 44.8. The van der Waals surface area contributed by atoms with Gasteiger partial charge in [-0.15, -0.1) is 0 Å². The van der Waals surface area contributed by atoms with E-state index in [0.29, 0.717) is 19.3 Å². The first-order valence-corrected chi connectivity index (χ1v) is 29.3. The van der Waals surface area contributed by atoms with Crippen molar-refractivity contribution in [1.29, 1.82) is 0 Å². The van der Waals surface area contributed by atoms with Crippen molar-refractivity contribution >= 4 is 25.7 Å². The number of aliphatic hydroxyl groups is 10. The molecule has 2 heterocycles. The Morgan fingerprint density at radius 1 is 0.461 bits per heavy atom. The van der Waals surface area contributed by atoms with Gasteiger partial charge in [0.2, 0.25) is 0 Å². The number of carbonyl (C=O) groups excluding carboxylic acids is 3. The minimum atomic E-state index is -5.66. The molecule has 0 radical (unpaired) electrons. The summed E-state index contributed by atoms with van der Waals surface area (Å²) in [7, 11) is -5.66. The molecule has 0 aromatic heterocycles. The molecule has 0 spiro atoms. The van der Waals surface area contributed by atoms with Gasteiger partial charge in [-0.25, -0.2) is 4.57 Å². The average molecular weight is 1120 g/mol. The monoisotopic (exact) mass is 1120 g/mol. The van der Waals surface area contributed by atoms with Crippen LogP contribution in [0.4, 0.5) is 0 Å². The van der Waals surface area contributed by atoms with Crippen molar-refractivity contribution in [3.05, 3.63) is 0 Å². The summed E-state index contributed by atoms with van der Waals surface area (Å²) in [5, 5.41) is 109. The van der Waals surface area contributed by atoms with E-state index >= 15 is 0 Å². The van der Waals surface area contributed by atoms with Gasteiger partial charge in [-0.1, -0.05) is 136 Å². The molecule has 0 aromatic carbocycles. The Kier molecular flexibility index (Phi) is 33.3. The van der Waals surface area contributed by atoms with E-state index in [2.05, 4.69) is 13.8 Å². The van der Waals surface area contributed by atoms with Crippen LogP contribution >= 0.6 is 7.82 Å². The Hall–Kier alpha value is -2.04. The predicted octanol–water partition coefficient (Wildman–Crippen LogP) is 2.38. The zero-order valence-corrected chi connectivity index (χ0v) is 45.7. The Morgan fingerprint density at radius 2 is 0.842 bits per heavy atom. The lowest BCUT2D eigenvalue weighted by Crippen LogP contribution is -2.69. The smallest absolute Gasteiger partial charge is 0.463 e. The number of rotatable bonds is 39. The Bertz CT molecular complexity index is 1650. The van der Waals surface area contributed by atoms with Gasteiger partial charge in [0.05, 0.1) is 13.2 Å². The highest BCUT2D eigenvalue weighted by Gasteiger charge is 2.58. The average Bonchev–Trinajstić information content (AvgIpc) is 3.39. The summed E-state index contributed by atoms with van der Waals surface area (Å²) in [4.78, 5) is 49.8. The van der Waals surface area contributed by atoms with Gasteiger partial charge >= 0.3 is 25.7 Å². The van der Waals surface area contributed by atoms with Crippen LogP contribution in [0.25, 0.3) is 0 Å². The van der Waals surface area contributed by atoms with E-state index in [0.717, 1.165) is 116 Å². The van der Waals surface area contributed by atoms with E-state index in [1.807, 2.05) is 6.92 Å². The second-order valence-electron chi connectivity index (χ2n) is 20.3. The molecule has 25 heteroatoms. The van der Waals surface area contributed by atoms with Crippen molar-refractivity contribution in [3.8, 4) is 0 Å². The fourth-order valence-corrected chi connectivity index (χ4v) is 10.1. The zero-order chi connectivity index (χ0) is 56.2. The summed E-state index contributed by atoms with van der Waals surface area (Å²) in [5.41, 5.74) is 0. The molecule has 3 fully saturated rings. The molecule has 2 saturated heterocycles. The maximum Gasteiger partial charge on any atom is 0.472 e. The van der Waals surface area contributed by atoms with E-state index in [1.165, 1.54) is 0 Å². The molecule has 76 heavy (non-hydrogen) atoms. The number of unbranched alkanes of at least 4 members (excludes halogenated alkanes) is 18. The lowest BCUT2D eigenvalue weighted by Gasteiger charge is -2.49. The highest BCUT2D eigenvalue weighted by molar-refractivity contribution is 7.47. The highest BCUT2D eigenvalue weighted by Crippen LogP contribution is 2.49. The van der Waals surface area contributed by atoms with Gasteiger partial charge in [-0.3, -0.25) is 23.4 Å². The Morgan fingerprint density at radius 3 is 1.29 bits per heavy atom. The molecule has 24 nitrogen and oxygen atoms in total. The Labute approximate surface area is 447 Å². The van der Waals surface area contributed by atoms with Gasteiger partial charge in [-0.2, -0.15) is 0 Å². The normalized spacial score (nSPS) is 32.1. The molecule has 2 aliphatic heterocycles. The third-order valence-corrected chi connectivity index (χ3v) is 14.9. The molecule has 1 aliphatic carbocycles.